The van der Waals surface area contributed by atoms with Gasteiger partial charge in [-0.1, -0.05) is 34.1 Å². The van der Waals surface area contributed by atoms with Crippen LogP contribution >= 0.6 is 0 Å². The van der Waals surface area contributed by atoms with Gasteiger partial charge in [0, 0.05) is 11.8 Å². The summed E-state index contributed by atoms with van der Waals surface area (Å²) in [5.74, 6) is -1.15. The fourth-order valence-corrected chi connectivity index (χ4v) is 5.21. The summed E-state index contributed by atoms with van der Waals surface area (Å²) in [6.45, 7) is 9.40. The Morgan fingerprint density at radius 3 is 2.57 bits per heavy atom. The maximum absolute atomic E-state index is 12.7. The van der Waals surface area contributed by atoms with Crippen molar-refractivity contribution in [1.29, 1.82) is 5.26 Å². The van der Waals surface area contributed by atoms with Crippen molar-refractivity contribution in [3.05, 3.63) is 0 Å². The topological polar surface area (TPSA) is 106 Å². The average molecular weight is 393 g/mol. The molecule has 7 heteroatoms. The van der Waals surface area contributed by atoms with Crippen LogP contribution in [0.25, 0.3) is 0 Å². The number of aliphatic hydroxyl groups is 1. The van der Waals surface area contributed by atoms with Crippen molar-refractivity contribution in [2.24, 2.45) is 28.1 Å². The molecule has 0 radical (unpaired) electrons. The molecule has 1 N–H and O–H groups in total. The zero-order chi connectivity index (χ0) is 20.9. The molecule has 28 heavy (non-hydrogen) atoms. The molecule has 0 spiro atoms. The lowest BCUT2D eigenvalue weighted by Gasteiger charge is -2.39. The number of rotatable bonds is 6. The zero-order valence-corrected chi connectivity index (χ0v) is 17.4. The molecule has 2 bridgehead atoms. The molecule has 156 valence electrons. The number of hydrogen-bond acceptors (Lipinski definition) is 7. The highest BCUT2D eigenvalue weighted by Gasteiger charge is 2.71. The molecule has 3 aliphatic rings. The SMILES string of the molecule is CCCC(C)(C(=O)OCC(=O)OC1C2CC3C1OC(O)C3(C#N)C2)C(C)(C)C. The number of carbonyl (C=O) groups is 2. The van der Waals surface area contributed by atoms with Gasteiger partial charge in [-0.25, -0.2) is 4.79 Å². The summed E-state index contributed by atoms with van der Waals surface area (Å²) in [4.78, 5) is 25.0. The van der Waals surface area contributed by atoms with E-state index in [4.69, 9.17) is 14.2 Å². The molecule has 0 aromatic carbocycles. The Morgan fingerprint density at radius 1 is 1.32 bits per heavy atom. The van der Waals surface area contributed by atoms with Crippen LogP contribution in [0.3, 0.4) is 0 Å². The van der Waals surface area contributed by atoms with Crippen LogP contribution in [0.4, 0.5) is 0 Å². The van der Waals surface area contributed by atoms with Gasteiger partial charge < -0.3 is 19.3 Å². The van der Waals surface area contributed by atoms with Gasteiger partial charge >= 0.3 is 11.9 Å². The lowest BCUT2D eigenvalue weighted by molar-refractivity contribution is -0.179. The number of nitrogens with zero attached hydrogens (tertiary/aromatic N) is 1. The van der Waals surface area contributed by atoms with Crippen LogP contribution in [0.5, 0.6) is 0 Å². The van der Waals surface area contributed by atoms with Gasteiger partial charge in [0.25, 0.3) is 0 Å². The Hall–Kier alpha value is -1.65. The second-order valence-corrected chi connectivity index (χ2v) is 9.77. The van der Waals surface area contributed by atoms with Crippen molar-refractivity contribution >= 4 is 11.9 Å². The minimum atomic E-state index is -1.14. The maximum Gasteiger partial charge on any atom is 0.344 e. The van der Waals surface area contributed by atoms with Gasteiger partial charge in [-0.3, -0.25) is 4.79 Å². The quantitative estimate of drug-likeness (QED) is 0.691. The first-order chi connectivity index (χ1) is 13.0. The molecule has 1 saturated heterocycles. The molecular formula is C21H31NO6. The Balaban J connectivity index is 1.58. The van der Waals surface area contributed by atoms with Crippen molar-refractivity contribution in [3.8, 4) is 6.07 Å². The summed E-state index contributed by atoms with van der Waals surface area (Å²) in [6.07, 6.45) is 0.558. The standard InChI is InChI=1S/C21H31NO6/c1-6-7-20(5,19(2,3)4)17(24)26-10-14(23)27-15-12-8-13-16(15)28-18(25)21(13,9-12)11-22/h12-13,15-16,18,25H,6-10H2,1-5H3. The third-order valence-corrected chi connectivity index (χ3v) is 7.38. The van der Waals surface area contributed by atoms with Crippen molar-refractivity contribution in [1.82, 2.24) is 0 Å². The van der Waals surface area contributed by atoms with Crippen LogP contribution in [0.2, 0.25) is 0 Å². The highest BCUT2D eigenvalue weighted by atomic mass is 16.6. The lowest BCUT2D eigenvalue weighted by Crippen LogP contribution is -2.43. The van der Waals surface area contributed by atoms with Gasteiger partial charge in [-0.05, 0) is 31.6 Å². The maximum atomic E-state index is 12.7. The molecule has 3 fully saturated rings. The number of aliphatic hydroxyl groups excluding tert-OH is 1. The van der Waals surface area contributed by atoms with Crippen LogP contribution in [0.1, 0.15) is 60.3 Å². The molecular weight excluding hydrogens is 362 g/mol. The first kappa shape index (κ1) is 21.1. The van der Waals surface area contributed by atoms with E-state index in [0.29, 0.717) is 19.3 Å². The van der Waals surface area contributed by atoms with Crippen molar-refractivity contribution < 1.29 is 28.9 Å². The van der Waals surface area contributed by atoms with E-state index in [-0.39, 0.29) is 17.3 Å². The van der Waals surface area contributed by atoms with Gasteiger partial charge in [0.15, 0.2) is 12.9 Å². The van der Waals surface area contributed by atoms with E-state index in [0.717, 1.165) is 6.42 Å². The normalized spacial score (nSPS) is 38.0. The van der Waals surface area contributed by atoms with Gasteiger partial charge in [0.1, 0.15) is 17.6 Å². The van der Waals surface area contributed by atoms with Gasteiger partial charge in [-0.2, -0.15) is 5.26 Å². The first-order valence-corrected chi connectivity index (χ1v) is 10.1. The number of ether oxygens (including phenoxy) is 3. The molecule has 7 atom stereocenters. The molecule has 2 aliphatic carbocycles. The molecule has 2 saturated carbocycles. The van der Waals surface area contributed by atoms with Crippen LogP contribution in [0, 0.1) is 39.4 Å². The molecule has 1 aliphatic heterocycles. The van der Waals surface area contributed by atoms with E-state index in [9.17, 15) is 20.0 Å². The summed E-state index contributed by atoms with van der Waals surface area (Å²) in [7, 11) is 0. The number of fused-ring (bicyclic) bond motifs is 1. The Morgan fingerprint density at radius 2 is 2.00 bits per heavy atom. The molecule has 3 rings (SSSR count). The van der Waals surface area contributed by atoms with E-state index >= 15 is 0 Å². The monoisotopic (exact) mass is 393 g/mol. The van der Waals surface area contributed by atoms with E-state index in [2.05, 4.69) is 6.07 Å². The second-order valence-electron chi connectivity index (χ2n) is 9.77. The molecule has 0 amide bonds. The van der Waals surface area contributed by atoms with Gasteiger partial charge in [0.05, 0.1) is 11.5 Å². The van der Waals surface area contributed by atoms with E-state index in [1.165, 1.54) is 0 Å². The zero-order valence-electron chi connectivity index (χ0n) is 17.4. The lowest BCUT2D eigenvalue weighted by atomic mass is 9.65. The summed E-state index contributed by atoms with van der Waals surface area (Å²) in [5.41, 5.74) is -1.87. The fourth-order valence-electron chi connectivity index (χ4n) is 5.21. The summed E-state index contributed by atoms with van der Waals surface area (Å²) < 4.78 is 16.4. The Kier molecular flexibility index (Phi) is 5.26. The van der Waals surface area contributed by atoms with Crippen molar-refractivity contribution in [2.45, 2.75) is 78.8 Å². The van der Waals surface area contributed by atoms with Crippen LogP contribution in [-0.4, -0.2) is 42.1 Å². The van der Waals surface area contributed by atoms with Gasteiger partial charge in [0.2, 0.25) is 0 Å². The van der Waals surface area contributed by atoms with Gasteiger partial charge in [-0.15, -0.1) is 0 Å². The van der Waals surface area contributed by atoms with E-state index in [1.54, 1.807) is 0 Å². The highest BCUT2D eigenvalue weighted by molar-refractivity contribution is 5.81. The number of esters is 2. The third kappa shape index (κ3) is 3.02. The van der Waals surface area contributed by atoms with Crippen molar-refractivity contribution in [3.63, 3.8) is 0 Å². The molecule has 0 aromatic heterocycles. The minimum Gasteiger partial charge on any atom is -0.457 e. The summed E-state index contributed by atoms with van der Waals surface area (Å²) >= 11 is 0. The predicted octanol–water partition coefficient (Wildman–Crippen LogP) is 2.56. The fraction of sp³-hybridized carbons (Fsp3) is 0.857. The molecule has 1 heterocycles. The minimum absolute atomic E-state index is 0.00798. The predicted molar refractivity (Wildman–Crippen MR) is 98.4 cm³/mol. The first-order valence-electron chi connectivity index (χ1n) is 10.1. The molecule has 0 aromatic rings. The largest absolute Gasteiger partial charge is 0.457 e. The molecule has 7 nitrogen and oxygen atoms in total. The van der Waals surface area contributed by atoms with Crippen molar-refractivity contribution in [2.75, 3.05) is 6.61 Å². The number of hydrogen-bond donors (Lipinski definition) is 1. The number of carbonyl (C=O) groups excluding carboxylic acids is 2. The van der Waals surface area contributed by atoms with Crippen LogP contribution < -0.4 is 0 Å². The number of nitriles is 1. The Bertz CT molecular complexity index is 694. The summed E-state index contributed by atoms with van der Waals surface area (Å²) in [6, 6.07) is 2.22. The summed E-state index contributed by atoms with van der Waals surface area (Å²) in [5, 5.41) is 19.6. The average Bonchev–Trinajstić information content (AvgIpc) is 3.20. The van der Waals surface area contributed by atoms with E-state index in [1.807, 2.05) is 34.6 Å². The smallest absolute Gasteiger partial charge is 0.344 e. The van der Waals surface area contributed by atoms with E-state index < -0.39 is 47.9 Å². The Labute approximate surface area is 166 Å². The second kappa shape index (κ2) is 7.00. The van der Waals surface area contributed by atoms with Crippen LogP contribution in [0.15, 0.2) is 0 Å². The highest BCUT2D eigenvalue weighted by Crippen LogP contribution is 2.63. The third-order valence-electron chi connectivity index (χ3n) is 7.38. The molecule has 7 unspecified atom stereocenters. The van der Waals surface area contributed by atoms with Crippen LogP contribution in [-0.2, 0) is 23.8 Å².